The van der Waals surface area contributed by atoms with E-state index in [9.17, 15) is 9.90 Å². The smallest absolute Gasteiger partial charge is 0.217 e. The Hall–Kier alpha value is -3.03. The van der Waals surface area contributed by atoms with E-state index in [1.54, 1.807) is 0 Å². The molecule has 33 heavy (non-hydrogen) atoms. The van der Waals surface area contributed by atoms with Gasteiger partial charge in [0.2, 0.25) is 5.91 Å². The zero-order valence-electron chi connectivity index (χ0n) is 18.3. The predicted molar refractivity (Wildman–Crippen MR) is 122 cm³/mol. The molecule has 2 N–H and O–H groups in total. The van der Waals surface area contributed by atoms with E-state index < -0.39 is 36.2 Å². The Labute approximate surface area is 193 Å². The van der Waals surface area contributed by atoms with Crippen LogP contribution in [0.2, 0.25) is 0 Å². The Bertz CT molecular complexity index is 979. The number of fused-ring (bicyclic) bond motifs is 2. The van der Waals surface area contributed by atoms with E-state index in [0.29, 0.717) is 0 Å². The molecule has 0 unspecified atom stereocenters. The summed E-state index contributed by atoms with van der Waals surface area (Å²) in [6.07, 6.45) is -2.93. The van der Waals surface area contributed by atoms with Crippen molar-refractivity contribution < 1.29 is 24.1 Å². The highest BCUT2D eigenvalue weighted by Gasteiger charge is 2.54. The number of amides is 1. The number of hydrogen-bond acceptors (Lipinski definition) is 5. The highest BCUT2D eigenvalue weighted by Crippen LogP contribution is 2.44. The van der Waals surface area contributed by atoms with E-state index in [4.69, 9.17) is 14.2 Å². The van der Waals surface area contributed by atoms with Crippen molar-refractivity contribution in [2.45, 2.75) is 43.2 Å². The molecule has 2 aliphatic rings. The van der Waals surface area contributed by atoms with Gasteiger partial charge in [-0.1, -0.05) is 91.0 Å². The lowest BCUT2D eigenvalue weighted by Gasteiger charge is -2.44. The highest BCUT2D eigenvalue weighted by molar-refractivity contribution is 5.73. The molecule has 2 heterocycles. The molecule has 2 bridgehead atoms. The minimum atomic E-state index is -1.02. The standard InChI is InChI=1S/C27H27NO5/c1-18(29)28-23-24(30)25(22-17-31-26(23)32-22)33-27(19-11-5-2-6-12-19,20-13-7-3-8-14-20)21-15-9-4-10-16-21/h2-16,22-26,30H,17H2,1H3,(H,28,29)/t22-,23-,24-,25-,26-/m1/s1. The fraction of sp³-hybridized carbons (Fsp3) is 0.296. The van der Waals surface area contributed by atoms with Crippen LogP contribution in [0.1, 0.15) is 23.6 Å². The molecule has 0 radical (unpaired) electrons. The molecule has 0 aromatic heterocycles. The van der Waals surface area contributed by atoms with Gasteiger partial charge in [-0.3, -0.25) is 4.79 Å². The Kier molecular flexibility index (Phi) is 6.00. The molecule has 0 spiro atoms. The highest BCUT2D eigenvalue weighted by atomic mass is 16.7. The number of aliphatic hydroxyl groups is 1. The van der Waals surface area contributed by atoms with E-state index in [1.807, 2.05) is 91.0 Å². The van der Waals surface area contributed by atoms with Crippen molar-refractivity contribution >= 4 is 5.91 Å². The number of carbonyl (C=O) groups excluding carboxylic acids is 1. The van der Waals surface area contributed by atoms with Gasteiger partial charge in [0.05, 0.1) is 6.61 Å². The zero-order valence-corrected chi connectivity index (χ0v) is 18.3. The molecule has 0 aliphatic carbocycles. The van der Waals surface area contributed by atoms with Crippen molar-refractivity contribution in [2.24, 2.45) is 0 Å². The first-order valence-corrected chi connectivity index (χ1v) is 11.2. The summed E-state index contributed by atoms with van der Waals surface area (Å²) in [4.78, 5) is 11.8. The third kappa shape index (κ3) is 3.96. The van der Waals surface area contributed by atoms with Gasteiger partial charge in [0.1, 0.15) is 30.0 Å². The maximum absolute atomic E-state index is 11.8. The van der Waals surface area contributed by atoms with Crippen LogP contribution in [0.3, 0.4) is 0 Å². The summed E-state index contributed by atoms with van der Waals surface area (Å²) in [6, 6.07) is 29.1. The SMILES string of the molecule is CC(=O)N[C@H]1[C@@H]2OC[C@@H](O2)[C@@H](OC(c2ccccc2)(c2ccccc2)c2ccccc2)[C@@H]1O. The fourth-order valence-electron chi connectivity index (χ4n) is 4.85. The second-order valence-electron chi connectivity index (χ2n) is 8.45. The normalized spacial score (nSPS) is 26.7. The molecular weight excluding hydrogens is 418 g/mol. The summed E-state index contributed by atoms with van der Waals surface area (Å²) >= 11 is 0. The zero-order chi connectivity index (χ0) is 22.8. The van der Waals surface area contributed by atoms with E-state index in [2.05, 4.69) is 5.32 Å². The predicted octanol–water partition coefficient (Wildman–Crippen LogP) is 2.98. The fourth-order valence-corrected chi connectivity index (χ4v) is 4.85. The number of benzene rings is 3. The molecule has 2 fully saturated rings. The average Bonchev–Trinajstić information content (AvgIpc) is 3.30. The van der Waals surface area contributed by atoms with Crippen LogP contribution in [0.15, 0.2) is 91.0 Å². The third-order valence-corrected chi connectivity index (χ3v) is 6.32. The molecule has 3 aromatic carbocycles. The van der Waals surface area contributed by atoms with Crippen molar-refractivity contribution in [1.29, 1.82) is 0 Å². The second-order valence-corrected chi connectivity index (χ2v) is 8.45. The summed E-state index contributed by atoms with van der Waals surface area (Å²) < 4.78 is 18.8. The van der Waals surface area contributed by atoms with Crippen LogP contribution >= 0.6 is 0 Å². The van der Waals surface area contributed by atoms with Crippen molar-refractivity contribution in [3.05, 3.63) is 108 Å². The van der Waals surface area contributed by atoms with Crippen LogP contribution in [-0.2, 0) is 24.6 Å². The number of nitrogens with one attached hydrogen (secondary N) is 1. The first kappa shape index (κ1) is 21.8. The van der Waals surface area contributed by atoms with Crippen LogP contribution < -0.4 is 5.32 Å². The molecule has 6 heteroatoms. The second kappa shape index (κ2) is 9.08. The summed E-state index contributed by atoms with van der Waals surface area (Å²) in [6.45, 7) is 1.68. The van der Waals surface area contributed by atoms with Crippen molar-refractivity contribution in [2.75, 3.05) is 6.61 Å². The lowest BCUT2D eigenvalue weighted by atomic mass is 9.79. The van der Waals surface area contributed by atoms with Gasteiger partial charge in [0.15, 0.2) is 6.29 Å². The first-order valence-electron chi connectivity index (χ1n) is 11.2. The van der Waals surface area contributed by atoms with Gasteiger partial charge in [-0.05, 0) is 16.7 Å². The molecule has 3 aromatic rings. The number of hydrogen-bond donors (Lipinski definition) is 2. The van der Waals surface area contributed by atoms with Gasteiger partial charge in [-0.2, -0.15) is 0 Å². The minimum absolute atomic E-state index is 0.268. The topological polar surface area (TPSA) is 77.0 Å². The maximum atomic E-state index is 11.8. The monoisotopic (exact) mass is 445 g/mol. The molecule has 1 amide bonds. The Balaban J connectivity index is 1.66. The Morgan fingerprint density at radius 3 is 1.85 bits per heavy atom. The number of ether oxygens (including phenoxy) is 3. The summed E-state index contributed by atoms with van der Waals surface area (Å²) in [5.74, 6) is -0.268. The van der Waals surface area contributed by atoms with Crippen LogP contribution in [0, 0.1) is 0 Å². The summed E-state index contributed by atoms with van der Waals surface area (Å²) in [7, 11) is 0. The van der Waals surface area contributed by atoms with E-state index in [0.717, 1.165) is 16.7 Å². The number of aliphatic hydroxyl groups excluding tert-OH is 1. The van der Waals surface area contributed by atoms with Gasteiger partial charge in [0, 0.05) is 6.92 Å². The first-order chi connectivity index (χ1) is 16.1. The summed E-state index contributed by atoms with van der Waals surface area (Å²) in [5.41, 5.74) is 1.75. The van der Waals surface area contributed by atoms with Crippen LogP contribution in [0.5, 0.6) is 0 Å². The van der Waals surface area contributed by atoms with Crippen LogP contribution in [0.25, 0.3) is 0 Å². The Morgan fingerprint density at radius 2 is 1.39 bits per heavy atom. The summed E-state index contributed by atoms with van der Waals surface area (Å²) in [5, 5.41) is 14.1. The van der Waals surface area contributed by atoms with Gasteiger partial charge < -0.3 is 24.6 Å². The molecule has 5 atom stereocenters. The van der Waals surface area contributed by atoms with E-state index in [1.165, 1.54) is 6.92 Å². The van der Waals surface area contributed by atoms with E-state index in [-0.39, 0.29) is 12.5 Å². The Morgan fingerprint density at radius 1 is 0.909 bits per heavy atom. The van der Waals surface area contributed by atoms with Gasteiger partial charge in [-0.15, -0.1) is 0 Å². The van der Waals surface area contributed by atoms with Crippen molar-refractivity contribution in [3.63, 3.8) is 0 Å². The van der Waals surface area contributed by atoms with Crippen molar-refractivity contribution in [1.82, 2.24) is 5.32 Å². The molecule has 5 rings (SSSR count). The number of rotatable bonds is 6. The molecule has 6 nitrogen and oxygen atoms in total. The van der Waals surface area contributed by atoms with E-state index >= 15 is 0 Å². The minimum Gasteiger partial charge on any atom is -0.388 e. The molecular formula is C27H27NO5. The van der Waals surface area contributed by atoms with Gasteiger partial charge in [0.25, 0.3) is 0 Å². The average molecular weight is 446 g/mol. The van der Waals surface area contributed by atoms with Gasteiger partial charge >= 0.3 is 0 Å². The van der Waals surface area contributed by atoms with Gasteiger partial charge in [-0.25, -0.2) is 0 Å². The third-order valence-electron chi connectivity index (χ3n) is 6.32. The maximum Gasteiger partial charge on any atom is 0.217 e. The van der Waals surface area contributed by atoms with Crippen LogP contribution in [0.4, 0.5) is 0 Å². The molecule has 2 aliphatic heterocycles. The lowest BCUT2D eigenvalue weighted by molar-refractivity contribution is -0.220. The quantitative estimate of drug-likeness (QED) is 0.571. The molecule has 0 saturated carbocycles. The molecule has 2 saturated heterocycles. The van der Waals surface area contributed by atoms with Crippen LogP contribution in [-0.4, -0.2) is 48.3 Å². The molecule has 170 valence electrons. The largest absolute Gasteiger partial charge is 0.388 e. The number of carbonyl (C=O) groups is 1. The lowest BCUT2D eigenvalue weighted by Crippen LogP contribution is -2.62. The van der Waals surface area contributed by atoms with Crippen molar-refractivity contribution in [3.8, 4) is 0 Å².